The minimum Gasteiger partial charge on any atom is -0.373 e. The van der Waals surface area contributed by atoms with E-state index in [1.54, 1.807) is 23.1 Å². The van der Waals surface area contributed by atoms with Crippen molar-refractivity contribution < 1.29 is 9.53 Å². The van der Waals surface area contributed by atoms with Crippen LogP contribution in [0.25, 0.3) is 0 Å². The molecule has 1 aliphatic rings. The van der Waals surface area contributed by atoms with Crippen LogP contribution >= 0.6 is 23.2 Å². The summed E-state index contributed by atoms with van der Waals surface area (Å²) in [6, 6.07) is 15.0. The van der Waals surface area contributed by atoms with Gasteiger partial charge in [0, 0.05) is 18.1 Å². The van der Waals surface area contributed by atoms with E-state index in [2.05, 4.69) is 17.4 Å². The maximum absolute atomic E-state index is 12.4. The van der Waals surface area contributed by atoms with Crippen molar-refractivity contribution >= 4 is 34.9 Å². The smallest absolute Gasteiger partial charge is 0.321 e. The highest BCUT2D eigenvalue weighted by atomic mass is 35.5. The molecule has 1 saturated heterocycles. The fraction of sp³-hybridized carbons (Fsp3) is 0.316. The van der Waals surface area contributed by atoms with Gasteiger partial charge in [-0.15, -0.1) is 0 Å². The molecule has 0 spiro atoms. The van der Waals surface area contributed by atoms with E-state index in [1.807, 2.05) is 18.2 Å². The van der Waals surface area contributed by atoms with Crippen molar-refractivity contribution in [2.24, 2.45) is 0 Å². The second-order valence-corrected chi connectivity index (χ2v) is 6.88. The third-order valence-electron chi connectivity index (χ3n) is 4.23. The van der Waals surface area contributed by atoms with Gasteiger partial charge in [0.05, 0.1) is 23.4 Å². The van der Waals surface area contributed by atoms with Gasteiger partial charge in [-0.2, -0.15) is 0 Å². The summed E-state index contributed by atoms with van der Waals surface area (Å²) in [7, 11) is 0. The van der Waals surface area contributed by atoms with Gasteiger partial charge in [0.1, 0.15) is 0 Å². The van der Waals surface area contributed by atoms with Crippen molar-refractivity contribution in [2.75, 3.05) is 18.4 Å². The van der Waals surface area contributed by atoms with Crippen molar-refractivity contribution in [3.05, 3.63) is 64.1 Å². The highest BCUT2D eigenvalue weighted by Gasteiger charge is 2.23. The Kier molecular flexibility index (Phi) is 6.19. The Labute approximate surface area is 157 Å². The molecule has 2 amide bonds. The molecular formula is C19H20Cl2N2O2. The molecular weight excluding hydrogens is 359 g/mol. The third kappa shape index (κ3) is 5.11. The molecule has 6 heteroatoms. The SMILES string of the molecule is O=C(Nc1cc(Cl)ccc1Cl)N1CCC(OCc2ccccc2)CC1. The summed E-state index contributed by atoms with van der Waals surface area (Å²) < 4.78 is 5.95. The van der Waals surface area contributed by atoms with E-state index in [4.69, 9.17) is 27.9 Å². The van der Waals surface area contributed by atoms with Gasteiger partial charge in [-0.3, -0.25) is 0 Å². The van der Waals surface area contributed by atoms with Gasteiger partial charge < -0.3 is 15.0 Å². The molecule has 0 radical (unpaired) electrons. The number of benzene rings is 2. The number of likely N-dealkylation sites (tertiary alicyclic amines) is 1. The van der Waals surface area contributed by atoms with Crippen LogP contribution in [0.3, 0.4) is 0 Å². The monoisotopic (exact) mass is 378 g/mol. The lowest BCUT2D eigenvalue weighted by Crippen LogP contribution is -2.43. The summed E-state index contributed by atoms with van der Waals surface area (Å²) in [5.41, 5.74) is 1.69. The van der Waals surface area contributed by atoms with Crippen LogP contribution in [0, 0.1) is 0 Å². The van der Waals surface area contributed by atoms with Gasteiger partial charge in [-0.05, 0) is 36.6 Å². The number of anilines is 1. The van der Waals surface area contributed by atoms with Crippen LogP contribution in [0.4, 0.5) is 10.5 Å². The molecule has 1 N–H and O–H groups in total. The summed E-state index contributed by atoms with van der Waals surface area (Å²) in [6.07, 6.45) is 1.83. The summed E-state index contributed by atoms with van der Waals surface area (Å²) >= 11 is 12.0. The number of nitrogens with zero attached hydrogens (tertiary/aromatic N) is 1. The molecule has 2 aromatic rings. The van der Waals surface area contributed by atoms with Gasteiger partial charge in [0.2, 0.25) is 0 Å². The highest BCUT2D eigenvalue weighted by Crippen LogP contribution is 2.26. The molecule has 1 fully saturated rings. The molecule has 0 atom stereocenters. The van der Waals surface area contributed by atoms with Gasteiger partial charge >= 0.3 is 6.03 Å². The Balaban J connectivity index is 1.47. The molecule has 1 heterocycles. The Bertz CT molecular complexity index is 717. The number of nitrogens with one attached hydrogen (secondary N) is 1. The lowest BCUT2D eigenvalue weighted by Gasteiger charge is -2.32. The fourth-order valence-corrected chi connectivity index (χ4v) is 3.14. The van der Waals surface area contributed by atoms with Crippen molar-refractivity contribution in [3.63, 3.8) is 0 Å². The first-order valence-corrected chi connectivity index (χ1v) is 9.04. The van der Waals surface area contributed by atoms with Gasteiger partial charge in [0.25, 0.3) is 0 Å². The van der Waals surface area contributed by atoms with Crippen molar-refractivity contribution in [3.8, 4) is 0 Å². The highest BCUT2D eigenvalue weighted by molar-refractivity contribution is 6.35. The maximum Gasteiger partial charge on any atom is 0.321 e. The quantitative estimate of drug-likeness (QED) is 0.793. The van der Waals surface area contributed by atoms with Gasteiger partial charge in [0.15, 0.2) is 0 Å². The van der Waals surface area contributed by atoms with E-state index < -0.39 is 0 Å². The molecule has 25 heavy (non-hydrogen) atoms. The Morgan fingerprint density at radius 3 is 2.56 bits per heavy atom. The first kappa shape index (κ1) is 18.1. The Morgan fingerprint density at radius 1 is 1.12 bits per heavy atom. The Morgan fingerprint density at radius 2 is 1.84 bits per heavy atom. The van der Waals surface area contributed by atoms with Crippen LogP contribution < -0.4 is 5.32 Å². The first-order chi connectivity index (χ1) is 12.1. The minimum atomic E-state index is -0.161. The average Bonchev–Trinajstić information content (AvgIpc) is 2.64. The maximum atomic E-state index is 12.4. The van der Waals surface area contributed by atoms with Crippen LogP contribution in [0.15, 0.2) is 48.5 Å². The average molecular weight is 379 g/mol. The van der Waals surface area contributed by atoms with Gasteiger partial charge in [-0.25, -0.2) is 4.79 Å². The van der Waals surface area contributed by atoms with E-state index in [0.717, 1.165) is 12.8 Å². The largest absolute Gasteiger partial charge is 0.373 e. The molecule has 4 nitrogen and oxygen atoms in total. The number of amides is 2. The number of rotatable bonds is 4. The fourth-order valence-electron chi connectivity index (χ4n) is 2.80. The summed E-state index contributed by atoms with van der Waals surface area (Å²) in [5.74, 6) is 0. The first-order valence-electron chi connectivity index (χ1n) is 8.28. The molecule has 1 aliphatic heterocycles. The normalized spacial score (nSPS) is 15.2. The molecule has 3 rings (SSSR count). The van der Waals surface area contributed by atoms with E-state index in [0.29, 0.717) is 35.4 Å². The van der Waals surface area contributed by atoms with Crippen LogP contribution in [0.1, 0.15) is 18.4 Å². The summed E-state index contributed by atoms with van der Waals surface area (Å²) in [5, 5.41) is 3.83. The minimum absolute atomic E-state index is 0.161. The molecule has 0 aromatic heterocycles. The van der Waals surface area contributed by atoms with Crippen LogP contribution in [0.2, 0.25) is 10.0 Å². The topological polar surface area (TPSA) is 41.6 Å². The van der Waals surface area contributed by atoms with E-state index in [9.17, 15) is 4.79 Å². The number of carbonyl (C=O) groups excluding carboxylic acids is 1. The zero-order valence-electron chi connectivity index (χ0n) is 13.8. The summed E-state index contributed by atoms with van der Waals surface area (Å²) in [4.78, 5) is 14.2. The van der Waals surface area contributed by atoms with E-state index in [1.165, 1.54) is 5.56 Å². The molecule has 0 aliphatic carbocycles. The molecule has 132 valence electrons. The molecule has 0 unspecified atom stereocenters. The van der Waals surface area contributed by atoms with E-state index >= 15 is 0 Å². The summed E-state index contributed by atoms with van der Waals surface area (Å²) in [6.45, 7) is 1.92. The van der Waals surface area contributed by atoms with Crippen LogP contribution in [0.5, 0.6) is 0 Å². The molecule has 0 bridgehead atoms. The molecule has 0 saturated carbocycles. The third-order valence-corrected chi connectivity index (χ3v) is 4.79. The lowest BCUT2D eigenvalue weighted by molar-refractivity contribution is 0.00540. The lowest BCUT2D eigenvalue weighted by atomic mass is 10.1. The van der Waals surface area contributed by atoms with Crippen molar-refractivity contribution in [1.29, 1.82) is 0 Å². The second kappa shape index (κ2) is 8.56. The zero-order valence-corrected chi connectivity index (χ0v) is 15.3. The number of halogens is 2. The number of hydrogen-bond acceptors (Lipinski definition) is 2. The number of hydrogen-bond donors (Lipinski definition) is 1. The van der Waals surface area contributed by atoms with Crippen LogP contribution in [-0.4, -0.2) is 30.1 Å². The predicted molar refractivity (Wildman–Crippen MR) is 101 cm³/mol. The van der Waals surface area contributed by atoms with Crippen molar-refractivity contribution in [2.45, 2.75) is 25.6 Å². The molecule has 2 aromatic carbocycles. The Hall–Kier alpha value is -1.75. The van der Waals surface area contributed by atoms with E-state index in [-0.39, 0.29) is 12.1 Å². The number of urea groups is 1. The zero-order chi connectivity index (χ0) is 17.6. The van der Waals surface area contributed by atoms with Crippen molar-refractivity contribution in [1.82, 2.24) is 4.90 Å². The second-order valence-electron chi connectivity index (χ2n) is 6.04. The number of carbonyl (C=O) groups is 1. The van der Waals surface area contributed by atoms with Gasteiger partial charge in [-0.1, -0.05) is 53.5 Å². The standard InChI is InChI=1S/C19H20Cl2N2O2/c20-15-6-7-17(21)18(12-15)22-19(24)23-10-8-16(9-11-23)25-13-14-4-2-1-3-5-14/h1-7,12,16H,8-11,13H2,(H,22,24). The number of ether oxygens (including phenoxy) is 1. The predicted octanol–water partition coefficient (Wildman–Crippen LogP) is 5.21. The van der Waals surface area contributed by atoms with Crippen LogP contribution in [-0.2, 0) is 11.3 Å². The number of piperidine rings is 1.